The van der Waals surface area contributed by atoms with Gasteiger partial charge in [0.05, 0.1) is 13.7 Å². The lowest BCUT2D eigenvalue weighted by Crippen LogP contribution is -2.48. The molecule has 0 saturated heterocycles. The highest BCUT2D eigenvalue weighted by atomic mass is 16.5. The average molecular weight is 365 g/mol. The first kappa shape index (κ1) is 18.7. The third-order valence-corrected chi connectivity index (χ3v) is 4.61. The minimum Gasteiger partial charge on any atom is -0.494 e. The zero-order valence-corrected chi connectivity index (χ0v) is 15.6. The molecule has 0 aliphatic carbocycles. The van der Waals surface area contributed by atoms with Crippen LogP contribution in [0, 0.1) is 0 Å². The summed E-state index contributed by atoms with van der Waals surface area (Å²) < 4.78 is 10.3. The number of rotatable bonds is 5. The normalized spacial score (nSPS) is 16.1. The van der Waals surface area contributed by atoms with Crippen molar-refractivity contribution in [1.29, 1.82) is 0 Å². The van der Waals surface area contributed by atoms with E-state index >= 15 is 0 Å². The van der Waals surface area contributed by atoms with Crippen molar-refractivity contribution in [3.63, 3.8) is 0 Å². The fourth-order valence-corrected chi connectivity index (χ4v) is 3.21. The number of hydrogen-bond donors (Lipinski definition) is 0. The van der Waals surface area contributed by atoms with Crippen LogP contribution in [0.25, 0.3) is 6.08 Å². The molecule has 140 valence electrons. The molecular formula is C22H23NO4. The molecule has 5 heteroatoms. The molecule has 1 atom stereocenters. The molecule has 0 fully saturated rings. The number of methoxy groups -OCH3 is 1. The van der Waals surface area contributed by atoms with Crippen LogP contribution < -0.4 is 4.74 Å². The monoisotopic (exact) mass is 365 g/mol. The lowest BCUT2D eigenvalue weighted by molar-refractivity contribution is -0.152. The molecule has 1 unspecified atom stereocenters. The number of carbonyl (C=O) groups excluding carboxylic acids is 2. The highest BCUT2D eigenvalue weighted by molar-refractivity contribution is 5.95. The summed E-state index contributed by atoms with van der Waals surface area (Å²) in [7, 11) is 1.35. The predicted octanol–water partition coefficient (Wildman–Crippen LogP) is 3.23. The summed E-state index contributed by atoms with van der Waals surface area (Å²) in [6, 6.07) is 14.7. The van der Waals surface area contributed by atoms with Gasteiger partial charge in [0.15, 0.2) is 0 Å². The van der Waals surface area contributed by atoms with E-state index in [4.69, 9.17) is 9.47 Å². The summed E-state index contributed by atoms with van der Waals surface area (Å²) in [5, 5.41) is 0. The molecule has 1 amide bonds. The van der Waals surface area contributed by atoms with Gasteiger partial charge in [0.25, 0.3) is 0 Å². The second kappa shape index (κ2) is 8.54. The standard InChI is InChI=1S/C22H23NO4/c1-3-27-19-11-8-16(9-12-19)10-13-21(24)23-15-18-7-5-4-6-17(18)14-20(23)22(25)26-2/h4-13,20H,3,14-15H2,1-2H3/b13-10+. The van der Waals surface area contributed by atoms with Gasteiger partial charge < -0.3 is 14.4 Å². The third-order valence-electron chi connectivity index (χ3n) is 4.61. The second-order valence-electron chi connectivity index (χ2n) is 6.31. The Morgan fingerprint density at radius 1 is 1.11 bits per heavy atom. The molecular weight excluding hydrogens is 342 g/mol. The van der Waals surface area contributed by atoms with E-state index in [1.54, 1.807) is 11.0 Å². The van der Waals surface area contributed by atoms with E-state index in [1.165, 1.54) is 13.2 Å². The van der Waals surface area contributed by atoms with E-state index in [0.29, 0.717) is 19.6 Å². The van der Waals surface area contributed by atoms with Crippen molar-refractivity contribution in [1.82, 2.24) is 4.90 Å². The number of ether oxygens (including phenoxy) is 2. The Balaban J connectivity index is 1.77. The summed E-state index contributed by atoms with van der Waals surface area (Å²) in [4.78, 5) is 26.6. The van der Waals surface area contributed by atoms with Crippen LogP contribution in [-0.2, 0) is 27.3 Å². The molecule has 1 aliphatic heterocycles. The Bertz CT molecular complexity index is 842. The Morgan fingerprint density at radius 3 is 2.48 bits per heavy atom. The molecule has 2 aromatic rings. The highest BCUT2D eigenvalue weighted by Crippen LogP contribution is 2.24. The van der Waals surface area contributed by atoms with Crippen molar-refractivity contribution < 1.29 is 19.1 Å². The Hall–Kier alpha value is -3.08. The van der Waals surface area contributed by atoms with E-state index in [0.717, 1.165) is 22.4 Å². The van der Waals surface area contributed by atoms with E-state index in [-0.39, 0.29) is 5.91 Å². The Morgan fingerprint density at radius 2 is 1.81 bits per heavy atom. The van der Waals surface area contributed by atoms with E-state index in [9.17, 15) is 9.59 Å². The molecule has 5 nitrogen and oxygen atoms in total. The van der Waals surface area contributed by atoms with Gasteiger partial charge in [-0.15, -0.1) is 0 Å². The van der Waals surface area contributed by atoms with Crippen molar-refractivity contribution in [2.24, 2.45) is 0 Å². The van der Waals surface area contributed by atoms with Crippen LogP contribution in [-0.4, -0.2) is 36.5 Å². The average Bonchev–Trinajstić information content (AvgIpc) is 2.71. The lowest BCUT2D eigenvalue weighted by Gasteiger charge is -2.34. The Labute approximate surface area is 159 Å². The van der Waals surface area contributed by atoms with Gasteiger partial charge in [-0.25, -0.2) is 4.79 Å². The van der Waals surface area contributed by atoms with Crippen LogP contribution in [0.5, 0.6) is 5.75 Å². The summed E-state index contributed by atoms with van der Waals surface area (Å²) >= 11 is 0. The largest absolute Gasteiger partial charge is 0.494 e. The molecule has 0 radical (unpaired) electrons. The molecule has 3 rings (SSSR count). The minimum atomic E-state index is -0.609. The fourth-order valence-electron chi connectivity index (χ4n) is 3.21. The number of carbonyl (C=O) groups is 2. The number of nitrogens with zero attached hydrogens (tertiary/aromatic N) is 1. The molecule has 1 heterocycles. The smallest absolute Gasteiger partial charge is 0.328 e. The zero-order chi connectivity index (χ0) is 19.2. The first-order chi connectivity index (χ1) is 13.1. The summed E-state index contributed by atoms with van der Waals surface area (Å²) in [6.07, 6.45) is 3.71. The third kappa shape index (κ3) is 4.37. The number of hydrogen-bond acceptors (Lipinski definition) is 4. The highest BCUT2D eigenvalue weighted by Gasteiger charge is 2.34. The summed E-state index contributed by atoms with van der Waals surface area (Å²) in [6.45, 7) is 2.93. The van der Waals surface area contributed by atoms with Crippen LogP contribution in [0.4, 0.5) is 0 Å². The lowest BCUT2D eigenvalue weighted by atomic mass is 9.94. The summed E-state index contributed by atoms with van der Waals surface area (Å²) in [5.74, 6) is 0.181. The number of fused-ring (bicyclic) bond motifs is 1. The van der Waals surface area contributed by atoms with Crippen LogP contribution in [0.1, 0.15) is 23.6 Å². The van der Waals surface area contributed by atoms with Crippen LogP contribution in [0.2, 0.25) is 0 Å². The maximum atomic E-state index is 12.8. The SMILES string of the molecule is CCOc1ccc(/C=C/C(=O)N2Cc3ccccc3CC2C(=O)OC)cc1. The summed E-state index contributed by atoms with van der Waals surface area (Å²) in [5.41, 5.74) is 3.02. The maximum Gasteiger partial charge on any atom is 0.328 e. The van der Waals surface area contributed by atoms with Gasteiger partial charge in [-0.2, -0.15) is 0 Å². The van der Waals surface area contributed by atoms with E-state index < -0.39 is 12.0 Å². The number of benzene rings is 2. The van der Waals surface area contributed by atoms with Crippen molar-refractivity contribution in [3.8, 4) is 5.75 Å². The number of amides is 1. The molecule has 1 aliphatic rings. The second-order valence-corrected chi connectivity index (χ2v) is 6.31. The molecule has 0 spiro atoms. The minimum absolute atomic E-state index is 0.214. The molecule has 0 bridgehead atoms. The van der Waals surface area contributed by atoms with Crippen LogP contribution in [0.3, 0.4) is 0 Å². The van der Waals surface area contributed by atoms with Crippen molar-refractivity contribution in [3.05, 3.63) is 71.3 Å². The van der Waals surface area contributed by atoms with Gasteiger partial charge in [-0.3, -0.25) is 4.79 Å². The van der Waals surface area contributed by atoms with Crippen LogP contribution >= 0.6 is 0 Å². The molecule has 27 heavy (non-hydrogen) atoms. The van der Waals surface area contributed by atoms with E-state index in [1.807, 2.05) is 55.5 Å². The quantitative estimate of drug-likeness (QED) is 0.603. The van der Waals surface area contributed by atoms with Crippen molar-refractivity contribution in [2.45, 2.75) is 25.9 Å². The maximum absolute atomic E-state index is 12.8. The number of esters is 1. The van der Waals surface area contributed by atoms with Gasteiger partial charge in [-0.05, 0) is 41.8 Å². The van der Waals surface area contributed by atoms with Crippen molar-refractivity contribution in [2.75, 3.05) is 13.7 Å². The fraction of sp³-hybridized carbons (Fsp3) is 0.273. The van der Waals surface area contributed by atoms with Gasteiger partial charge in [0.1, 0.15) is 11.8 Å². The Kier molecular flexibility index (Phi) is 5.91. The van der Waals surface area contributed by atoms with Crippen molar-refractivity contribution >= 4 is 18.0 Å². The van der Waals surface area contributed by atoms with E-state index in [2.05, 4.69) is 0 Å². The molecule has 0 aromatic heterocycles. The van der Waals surface area contributed by atoms with Gasteiger partial charge in [-0.1, -0.05) is 36.4 Å². The van der Waals surface area contributed by atoms with Gasteiger partial charge in [0, 0.05) is 19.0 Å². The van der Waals surface area contributed by atoms with Gasteiger partial charge >= 0.3 is 5.97 Å². The first-order valence-electron chi connectivity index (χ1n) is 8.98. The molecule has 0 N–H and O–H groups in total. The first-order valence-corrected chi connectivity index (χ1v) is 8.98. The van der Waals surface area contributed by atoms with Gasteiger partial charge in [0.2, 0.25) is 5.91 Å². The topological polar surface area (TPSA) is 55.8 Å². The molecule has 2 aromatic carbocycles. The van der Waals surface area contributed by atoms with Crippen LogP contribution in [0.15, 0.2) is 54.6 Å². The molecule has 0 saturated carbocycles. The predicted molar refractivity (Wildman–Crippen MR) is 103 cm³/mol. The zero-order valence-electron chi connectivity index (χ0n) is 15.6.